The van der Waals surface area contributed by atoms with Crippen LogP contribution < -0.4 is 0 Å². The molecular formula is C13H16. The van der Waals surface area contributed by atoms with E-state index < -0.39 is 0 Å². The molecule has 1 fully saturated rings. The van der Waals surface area contributed by atoms with Crippen LogP contribution in [0.5, 0.6) is 0 Å². The van der Waals surface area contributed by atoms with Crippen LogP contribution in [0.15, 0.2) is 24.3 Å². The fourth-order valence-corrected chi connectivity index (χ4v) is 2.46. The average Bonchev–Trinajstić information content (AvgIpc) is 2.64. The van der Waals surface area contributed by atoms with Crippen LogP contribution in [0.25, 0.3) is 0 Å². The van der Waals surface area contributed by atoms with Crippen molar-refractivity contribution in [2.45, 2.75) is 26.2 Å². The molecule has 68 valence electrons. The van der Waals surface area contributed by atoms with Crippen LogP contribution in [-0.4, -0.2) is 0 Å². The van der Waals surface area contributed by atoms with Gasteiger partial charge in [0.05, 0.1) is 0 Å². The van der Waals surface area contributed by atoms with Crippen molar-refractivity contribution < 1.29 is 0 Å². The highest BCUT2D eigenvalue weighted by atomic mass is 14.4. The molecule has 2 bridgehead atoms. The summed E-state index contributed by atoms with van der Waals surface area (Å²) >= 11 is 0. The first-order chi connectivity index (χ1) is 6.25. The van der Waals surface area contributed by atoms with Gasteiger partial charge >= 0.3 is 0 Å². The van der Waals surface area contributed by atoms with E-state index in [1.54, 1.807) is 0 Å². The average molecular weight is 172 g/mol. The Morgan fingerprint density at radius 1 is 1.46 bits per heavy atom. The van der Waals surface area contributed by atoms with E-state index in [1.807, 2.05) is 6.92 Å². The van der Waals surface area contributed by atoms with Gasteiger partial charge in [-0.05, 0) is 43.1 Å². The highest BCUT2D eigenvalue weighted by Crippen LogP contribution is 2.44. The van der Waals surface area contributed by atoms with Gasteiger partial charge in [-0.2, -0.15) is 0 Å². The molecule has 0 saturated heterocycles. The van der Waals surface area contributed by atoms with Gasteiger partial charge in [0.1, 0.15) is 0 Å². The maximum atomic E-state index is 3.78. The molecule has 2 aliphatic rings. The van der Waals surface area contributed by atoms with Crippen molar-refractivity contribution in [3.63, 3.8) is 0 Å². The first-order valence-electron chi connectivity index (χ1n) is 5.08. The Morgan fingerprint density at radius 2 is 2.31 bits per heavy atom. The van der Waals surface area contributed by atoms with E-state index in [0.717, 1.165) is 29.7 Å². The molecular weight excluding hydrogens is 156 g/mol. The first-order valence-corrected chi connectivity index (χ1v) is 5.08. The van der Waals surface area contributed by atoms with Crippen molar-refractivity contribution in [3.05, 3.63) is 24.3 Å². The van der Waals surface area contributed by atoms with Gasteiger partial charge in [0, 0.05) is 6.42 Å². The third-order valence-electron chi connectivity index (χ3n) is 3.08. The Morgan fingerprint density at radius 3 is 2.85 bits per heavy atom. The molecule has 0 radical (unpaired) electrons. The van der Waals surface area contributed by atoms with Gasteiger partial charge in [0.25, 0.3) is 0 Å². The summed E-state index contributed by atoms with van der Waals surface area (Å²) in [5.74, 6) is 8.84. The number of fused-ring (bicyclic) bond motifs is 2. The van der Waals surface area contributed by atoms with E-state index in [1.165, 1.54) is 12.8 Å². The zero-order chi connectivity index (χ0) is 9.26. The van der Waals surface area contributed by atoms with Crippen LogP contribution in [0.3, 0.4) is 0 Å². The second-order valence-corrected chi connectivity index (χ2v) is 4.33. The minimum atomic E-state index is 0.835. The first kappa shape index (κ1) is 8.63. The minimum Gasteiger partial charge on any atom is -0.0980 e. The smallest absolute Gasteiger partial charge is 0.0126 e. The lowest BCUT2D eigenvalue weighted by Crippen LogP contribution is -2.05. The minimum absolute atomic E-state index is 0.835. The number of rotatable bonds is 1. The molecule has 2 rings (SSSR count). The number of hydrogen-bond acceptors (Lipinski definition) is 0. The van der Waals surface area contributed by atoms with E-state index in [4.69, 9.17) is 0 Å². The molecule has 0 heteroatoms. The Bertz CT molecular complexity index is 298. The third kappa shape index (κ3) is 1.86. The van der Waals surface area contributed by atoms with E-state index in [9.17, 15) is 0 Å². The summed E-state index contributed by atoms with van der Waals surface area (Å²) in [6.07, 6.45) is 8.60. The van der Waals surface area contributed by atoms with E-state index in [2.05, 4.69) is 30.6 Å². The van der Waals surface area contributed by atoms with Gasteiger partial charge in [-0.25, -0.2) is 0 Å². The molecule has 0 aliphatic heterocycles. The fraction of sp³-hybridized carbons (Fsp3) is 0.538. The van der Waals surface area contributed by atoms with Crippen LogP contribution in [0.1, 0.15) is 26.2 Å². The molecule has 0 nitrogen and oxygen atoms in total. The zero-order valence-corrected chi connectivity index (χ0v) is 8.22. The summed E-state index contributed by atoms with van der Waals surface area (Å²) in [5, 5.41) is 0. The largest absolute Gasteiger partial charge is 0.0980 e. The lowest BCUT2D eigenvalue weighted by molar-refractivity contribution is 0.460. The monoisotopic (exact) mass is 172 g/mol. The molecule has 0 aromatic rings. The zero-order valence-electron chi connectivity index (χ0n) is 8.22. The quantitative estimate of drug-likeness (QED) is 0.421. The fourth-order valence-electron chi connectivity index (χ4n) is 2.46. The lowest BCUT2D eigenvalue weighted by Gasteiger charge is -2.14. The molecule has 1 saturated carbocycles. The molecule has 0 spiro atoms. The van der Waals surface area contributed by atoms with Gasteiger partial charge < -0.3 is 0 Å². The predicted octanol–water partition coefficient (Wildman–Crippen LogP) is 3.17. The summed E-state index contributed by atoms with van der Waals surface area (Å²) in [4.78, 5) is 0. The van der Waals surface area contributed by atoms with Crippen LogP contribution in [0.4, 0.5) is 0 Å². The number of hydrogen-bond donors (Lipinski definition) is 0. The highest BCUT2D eigenvalue weighted by Gasteiger charge is 2.34. The van der Waals surface area contributed by atoms with Gasteiger partial charge in [-0.15, -0.1) is 0 Å². The van der Waals surface area contributed by atoms with Crippen molar-refractivity contribution in [1.82, 2.24) is 0 Å². The van der Waals surface area contributed by atoms with Crippen molar-refractivity contribution in [2.24, 2.45) is 17.8 Å². The van der Waals surface area contributed by atoms with E-state index >= 15 is 0 Å². The molecule has 0 heterocycles. The normalized spacial score (nSPS) is 34.4. The summed E-state index contributed by atoms with van der Waals surface area (Å²) in [6, 6.07) is 0. The summed E-state index contributed by atoms with van der Waals surface area (Å²) < 4.78 is 0. The van der Waals surface area contributed by atoms with E-state index in [-0.39, 0.29) is 0 Å². The maximum absolute atomic E-state index is 3.78. The molecule has 0 amide bonds. The van der Waals surface area contributed by atoms with Crippen molar-refractivity contribution in [3.8, 4) is 11.8 Å². The summed E-state index contributed by atoms with van der Waals surface area (Å²) in [5.41, 5.74) is 0.985. The molecule has 2 aliphatic carbocycles. The molecule has 13 heavy (non-hydrogen) atoms. The Balaban J connectivity index is 1.88. The van der Waals surface area contributed by atoms with Gasteiger partial charge in [0.15, 0.2) is 0 Å². The van der Waals surface area contributed by atoms with Crippen molar-refractivity contribution in [1.29, 1.82) is 0 Å². The Labute approximate surface area is 80.7 Å². The standard InChI is InChI=1S/C13H16/c1-10(2)4-3-5-12-8-11-6-7-13(12)9-11/h6-7,11-13H,1,5,8-9H2,2H3/t11-,12+,13+/m1/s1. The predicted molar refractivity (Wildman–Crippen MR) is 56.1 cm³/mol. The maximum Gasteiger partial charge on any atom is 0.0126 e. The number of allylic oxidation sites excluding steroid dienone is 3. The Kier molecular flexibility index (Phi) is 2.27. The third-order valence-corrected chi connectivity index (χ3v) is 3.08. The van der Waals surface area contributed by atoms with Crippen LogP contribution in [-0.2, 0) is 0 Å². The lowest BCUT2D eigenvalue weighted by atomic mass is 9.91. The SMILES string of the molecule is C=C(C)C#CC[C@H]1C[C@H]2C=C[C@H]1C2. The molecule has 0 unspecified atom stereocenters. The highest BCUT2D eigenvalue weighted by molar-refractivity contribution is 5.24. The van der Waals surface area contributed by atoms with Gasteiger partial charge in [-0.1, -0.05) is 30.6 Å². The van der Waals surface area contributed by atoms with Gasteiger partial charge in [-0.3, -0.25) is 0 Å². The second-order valence-electron chi connectivity index (χ2n) is 4.33. The van der Waals surface area contributed by atoms with Crippen LogP contribution in [0.2, 0.25) is 0 Å². The summed E-state index contributed by atoms with van der Waals surface area (Å²) in [6.45, 7) is 5.75. The Hall–Kier alpha value is -0.960. The van der Waals surface area contributed by atoms with Crippen molar-refractivity contribution in [2.75, 3.05) is 0 Å². The molecule has 0 aromatic carbocycles. The van der Waals surface area contributed by atoms with E-state index in [0.29, 0.717) is 0 Å². The molecule has 0 aromatic heterocycles. The topological polar surface area (TPSA) is 0 Å². The second kappa shape index (κ2) is 3.42. The molecule has 3 atom stereocenters. The summed E-state index contributed by atoms with van der Waals surface area (Å²) in [7, 11) is 0. The van der Waals surface area contributed by atoms with Crippen LogP contribution >= 0.6 is 0 Å². The van der Waals surface area contributed by atoms with Crippen molar-refractivity contribution >= 4 is 0 Å². The van der Waals surface area contributed by atoms with Crippen LogP contribution in [0, 0.1) is 29.6 Å². The molecule has 0 N–H and O–H groups in total. The van der Waals surface area contributed by atoms with Gasteiger partial charge in [0.2, 0.25) is 0 Å².